The minimum atomic E-state index is 0.569. The maximum Gasteiger partial charge on any atom is 0.119 e. The highest BCUT2D eigenvalue weighted by molar-refractivity contribution is 5.27. The van der Waals surface area contributed by atoms with Crippen molar-refractivity contribution in [3.8, 4) is 5.75 Å². The second kappa shape index (κ2) is 9.75. The van der Waals surface area contributed by atoms with Gasteiger partial charge in [-0.1, -0.05) is 26.0 Å². The maximum absolute atomic E-state index is 5.77. The summed E-state index contributed by atoms with van der Waals surface area (Å²) in [5.74, 6) is 1.55. The first-order valence-corrected chi connectivity index (χ1v) is 7.28. The van der Waals surface area contributed by atoms with Crippen LogP contribution in [0.1, 0.15) is 19.4 Å². The summed E-state index contributed by atoms with van der Waals surface area (Å²) in [6.45, 7) is 9.41. The Kier molecular flexibility index (Phi) is 8.26. The van der Waals surface area contributed by atoms with Crippen LogP contribution in [-0.4, -0.2) is 44.9 Å². The SMILES string of the molecule is COCCN(CCOc1ccc(CN)cc1)CC(C)C. The molecule has 1 aromatic carbocycles. The standard InChI is InChI=1S/C16H28N2O2/c1-14(2)13-18(8-10-19-3)9-11-20-16-6-4-15(12-17)5-7-16/h4-7,14H,8-13,17H2,1-3H3. The van der Waals surface area contributed by atoms with Gasteiger partial charge in [-0.15, -0.1) is 0 Å². The number of rotatable bonds is 10. The molecule has 0 aliphatic rings. The summed E-state index contributed by atoms with van der Waals surface area (Å²) < 4.78 is 10.9. The Morgan fingerprint density at radius 2 is 1.75 bits per heavy atom. The molecule has 1 aromatic rings. The fourth-order valence-electron chi connectivity index (χ4n) is 2.05. The van der Waals surface area contributed by atoms with Gasteiger partial charge < -0.3 is 15.2 Å². The zero-order chi connectivity index (χ0) is 14.8. The molecule has 4 heteroatoms. The molecule has 0 atom stereocenters. The minimum absolute atomic E-state index is 0.569. The first kappa shape index (κ1) is 17.0. The van der Waals surface area contributed by atoms with Crippen molar-refractivity contribution in [1.29, 1.82) is 0 Å². The lowest BCUT2D eigenvalue weighted by Crippen LogP contribution is -2.34. The van der Waals surface area contributed by atoms with Gasteiger partial charge in [0.15, 0.2) is 0 Å². The number of methoxy groups -OCH3 is 1. The van der Waals surface area contributed by atoms with Gasteiger partial charge in [-0.05, 0) is 23.6 Å². The molecule has 20 heavy (non-hydrogen) atoms. The van der Waals surface area contributed by atoms with Crippen LogP contribution < -0.4 is 10.5 Å². The van der Waals surface area contributed by atoms with E-state index in [0.29, 0.717) is 19.1 Å². The van der Waals surface area contributed by atoms with Gasteiger partial charge in [0.1, 0.15) is 12.4 Å². The van der Waals surface area contributed by atoms with Gasteiger partial charge >= 0.3 is 0 Å². The van der Waals surface area contributed by atoms with Crippen LogP contribution in [0.4, 0.5) is 0 Å². The van der Waals surface area contributed by atoms with Crippen molar-refractivity contribution in [2.45, 2.75) is 20.4 Å². The molecule has 0 unspecified atom stereocenters. The van der Waals surface area contributed by atoms with Gasteiger partial charge in [0.25, 0.3) is 0 Å². The third-order valence-corrected chi connectivity index (χ3v) is 3.07. The second-order valence-corrected chi connectivity index (χ2v) is 5.38. The molecule has 0 heterocycles. The third-order valence-electron chi connectivity index (χ3n) is 3.07. The Labute approximate surface area is 122 Å². The van der Waals surface area contributed by atoms with E-state index in [1.807, 2.05) is 24.3 Å². The second-order valence-electron chi connectivity index (χ2n) is 5.38. The van der Waals surface area contributed by atoms with Gasteiger partial charge in [0.05, 0.1) is 6.61 Å². The number of nitrogens with zero attached hydrogens (tertiary/aromatic N) is 1. The van der Waals surface area contributed by atoms with Crippen molar-refractivity contribution in [2.75, 3.05) is 40.0 Å². The average Bonchev–Trinajstić information content (AvgIpc) is 2.44. The average molecular weight is 280 g/mol. The predicted molar refractivity (Wildman–Crippen MR) is 83.0 cm³/mol. The van der Waals surface area contributed by atoms with E-state index in [1.54, 1.807) is 7.11 Å². The van der Waals surface area contributed by atoms with E-state index in [0.717, 1.165) is 37.6 Å². The van der Waals surface area contributed by atoms with Crippen LogP contribution in [0.3, 0.4) is 0 Å². The fraction of sp³-hybridized carbons (Fsp3) is 0.625. The van der Waals surface area contributed by atoms with Crippen LogP contribution in [0.25, 0.3) is 0 Å². The molecule has 4 nitrogen and oxygen atoms in total. The van der Waals surface area contributed by atoms with E-state index in [9.17, 15) is 0 Å². The Balaban J connectivity index is 2.34. The molecule has 0 saturated heterocycles. The number of nitrogens with two attached hydrogens (primary N) is 1. The van der Waals surface area contributed by atoms with Gasteiger partial charge in [-0.25, -0.2) is 0 Å². The molecule has 0 amide bonds. The van der Waals surface area contributed by atoms with Crippen molar-refractivity contribution < 1.29 is 9.47 Å². The van der Waals surface area contributed by atoms with E-state index in [1.165, 1.54) is 0 Å². The van der Waals surface area contributed by atoms with Crippen LogP contribution in [0.2, 0.25) is 0 Å². The van der Waals surface area contributed by atoms with Crippen molar-refractivity contribution in [3.05, 3.63) is 29.8 Å². The molecule has 0 aliphatic carbocycles. The molecule has 0 fully saturated rings. The van der Waals surface area contributed by atoms with Gasteiger partial charge in [-0.2, -0.15) is 0 Å². The summed E-state index contributed by atoms with van der Waals surface area (Å²) in [5.41, 5.74) is 6.70. The molecule has 0 saturated carbocycles. The summed E-state index contributed by atoms with van der Waals surface area (Å²) in [5, 5.41) is 0. The van der Waals surface area contributed by atoms with E-state index >= 15 is 0 Å². The number of ether oxygens (including phenoxy) is 2. The van der Waals surface area contributed by atoms with Crippen molar-refractivity contribution in [3.63, 3.8) is 0 Å². The van der Waals surface area contributed by atoms with Crippen LogP contribution in [0.5, 0.6) is 5.75 Å². The minimum Gasteiger partial charge on any atom is -0.492 e. The zero-order valence-electron chi connectivity index (χ0n) is 13.0. The summed E-state index contributed by atoms with van der Waals surface area (Å²) in [6, 6.07) is 7.96. The highest BCUT2D eigenvalue weighted by Crippen LogP contribution is 2.11. The topological polar surface area (TPSA) is 47.7 Å². The van der Waals surface area contributed by atoms with Crippen molar-refractivity contribution in [1.82, 2.24) is 4.90 Å². The van der Waals surface area contributed by atoms with Gasteiger partial charge in [-0.3, -0.25) is 4.90 Å². The largest absolute Gasteiger partial charge is 0.492 e. The van der Waals surface area contributed by atoms with E-state index in [2.05, 4.69) is 18.7 Å². The summed E-state index contributed by atoms with van der Waals surface area (Å²) in [7, 11) is 1.74. The Hall–Kier alpha value is -1.10. The molecule has 114 valence electrons. The lowest BCUT2D eigenvalue weighted by atomic mass is 10.2. The molecule has 0 aliphatic heterocycles. The van der Waals surface area contributed by atoms with Crippen LogP contribution in [0, 0.1) is 5.92 Å². The van der Waals surface area contributed by atoms with Crippen LogP contribution in [-0.2, 0) is 11.3 Å². The van der Waals surface area contributed by atoms with Crippen molar-refractivity contribution >= 4 is 0 Å². The van der Waals surface area contributed by atoms with Crippen molar-refractivity contribution in [2.24, 2.45) is 11.7 Å². The summed E-state index contributed by atoms with van der Waals surface area (Å²) in [4.78, 5) is 2.38. The molecule has 2 N–H and O–H groups in total. The maximum atomic E-state index is 5.77. The first-order valence-electron chi connectivity index (χ1n) is 7.28. The lowest BCUT2D eigenvalue weighted by molar-refractivity contribution is 0.127. The summed E-state index contributed by atoms with van der Waals surface area (Å²) in [6.07, 6.45) is 0. The third kappa shape index (κ3) is 6.89. The first-order chi connectivity index (χ1) is 9.65. The molecule has 0 bridgehead atoms. The van der Waals surface area contributed by atoms with Crippen LogP contribution in [0.15, 0.2) is 24.3 Å². The molecule has 1 rings (SSSR count). The summed E-state index contributed by atoms with van der Waals surface area (Å²) >= 11 is 0. The fourth-order valence-corrected chi connectivity index (χ4v) is 2.05. The monoisotopic (exact) mass is 280 g/mol. The van der Waals surface area contributed by atoms with E-state index in [-0.39, 0.29) is 0 Å². The van der Waals surface area contributed by atoms with Gasteiger partial charge in [0.2, 0.25) is 0 Å². The van der Waals surface area contributed by atoms with Crippen LogP contribution >= 0.6 is 0 Å². The number of hydrogen-bond acceptors (Lipinski definition) is 4. The molecule has 0 radical (unpaired) electrons. The molecule has 0 spiro atoms. The van der Waals surface area contributed by atoms with E-state index in [4.69, 9.17) is 15.2 Å². The smallest absolute Gasteiger partial charge is 0.119 e. The molecule has 0 aromatic heterocycles. The lowest BCUT2D eigenvalue weighted by Gasteiger charge is -2.23. The highest BCUT2D eigenvalue weighted by atomic mass is 16.5. The Bertz CT molecular complexity index is 352. The number of hydrogen-bond donors (Lipinski definition) is 1. The Morgan fingerprint density at radius 1 is 1.10 bits per heavy atom. The highest BCUT2D eigenvalue weighted by Gasteiger charge is 2.07. The predicted octanol–water partition coefficient (Wildman–Crippen LogP) is 2.13. The van der Waals surface area contributed by atoms with Gasteiger partial charge in [0, 0.05) is 33.3 Å². The molecular formula is C16H28N2O2. The normalized spacial score (nSPS) is 11.3. The molecular weight excluding hydrogens is 252 g/mol. The quantitative estimate of drug-likeness (QED) is 0.713. The Morgan fingerprint density at radius 3 is 2.30 bits per heavy atom. The van der Waals surface area contributed by atoms with E-state index < -0.39 is 0 Å². The number of benzene rings is 1. The zero-order valence-corrected chi connectivity index (χ0v) is 13.0.